The Morgan fingerprint density at radius 1 is 1.11 bits per heavy atom. The van der Waals surface area contributed by atoms with Crippen LogP contribution in [0.2, 0.25) is 5.15 Å². The molecule has 0 saturated heterocycles. The number of para-hydroxylation sites is 1. The van der Waals surface area contributed by atoms with Crippen LogP contribution in [0.15, 0.2) is 42.6 Å². The molecule has 0 N–H and O–H groups in total. The number of halogens is 1. The van der Waals surface area contributed by atoms with Crippen LogP contribution in [-0.2, 0) is 12.0 Å². The molecule has 19 heavy (non-hydrogen) atoms. The second kappa shape index (κ2) is 5.62. The maximum absolute atomic E-state index is 5.91. The Balaban J connectivity index is 2.14. The van der Waals surface area contributed by atoms with Crippen molar-refractivity contribution in [1.82, 2.24) is 4.98 Å². The standard InChI is InChI=1S/C16H18ClNO/c1-16(2,3)13-6-4-5-7-14(13)19-11-12-8-9-15(17)18-10-12/h4-10H,11H2,1-3H3. The van der Waals surface area contributed by atoms with Crippen molar-refractivity contribution in [3.63, 3.8) is 0 Å². The predicted octanol–water partition coefficient (Wildman–Crippen LogP) is 4.61. The molecule has 0 aliphatic carbocycles. The van der Waals surface area contributed by atoms with Crippen molar-refractivity contribution in [2.45, 2.75) is 32.8 Å². The van der Waals surface area contributed by atoms with Gasteiger partial charge in [0.15, 0.2) is 0 Å². The van der Waals surface area contributed by atoms with Gasteiger partial charge >= 0.3 is 0 Å². The zero-order chi connectivity index (χ0) is 13.9. The van der Waals surface area contributed by atoms with Crippen LogP contribution in [-0.4, -0.2) is 4.98 Å². The SMILES string of the molecule is CC(C)(C)c1ccccc1OCc1ccc(Cl)nc1. The van der Waals surface area contributed by atoms with Crippen LogP contribution in [0.25, 0.3) is 0 Å². The average Bonchev–Trinajstić information content (AvgIpc) is 2.37. The molecule has 1 aromatic heterocycles. The lowest BCUT2D eigenvalue weighted by atomic mass is 9.86. The van der Waals surface area contributed by atoms with Crippen LogP contribution in [0, 0.1) is 0 Å². The fraction of sp³-hybridized carbons (Fsp3) is 0.312. The smallest absolute Gasteiger partial charge is 0.129 e. The molecule has 0 bridgehead atoms. The Labute approximate surface area is 119 Å². The molecule has 3 heteroatoms. The first-order chi connectivity index (χ1) is 8.97. The summed E-state index contributed by atoms with van der Waals surface area (Å²) in [6.07, 6.45) is 1.74. The van der Waals surface area contributed by atoms with Crippen LogP contribution in [0.5, 0.6) is 5.75 Å². The third kappa shape index (κ3) is 3.71. The molecular formula is C16H18ClNO. The van der Waals surface area contributed by atoms with Gasteiger partial charge in [0, 0.05) is 11.8 Å². The Hall–Kier alpha value is -1.54. The second-order valence-electron chi connectivity index (χ2n) is 5.52. The molecule has 0 aliphatic heterocycles. The molecule has 0 aliphatic rings. The first kappa shape index (κ1) is 13.9. The van der Waals surface area contributed by atoms with Crippen LogP contribution < -0.4 is 4.74 Å². The average molecular weight is 276 g/mol. The highest BCUT2D eigenvalue weighted by atomic mass is 35.5. The summed E-state index contributed by atoms with van der Waals surface area (Å²) in [6, 6.07) is 11.8. The molecule has 0 atom stereocenters. The summed E-state index contributed by atoms with van der Waals surface area (Å²) >= 11 is 5.76. The molecule has 2 nitrogen and oxygen atoms in total. The quantitative estimate of drug-likeness (QED) is 0.763. The minimum Gasteiger partial charge on any atom is -0.489 e. The van der Waals surface area contributed by atoms with Crippen LogP contribution in [0.4, 0.5) is 0 Å². The van der Waals surface area contributed by atoms with Gasteiger partial charge in [0.1, 0.15) is 17.5 Å². The maximum Gasteiger partial charge on any atom is 0.129 e. The molecular weight excluding hydrogens is 258 g/mol. The number of nitrogens with zero attached hydrogens (tertiary/aromatic N) is 1. The summed E-state index contributed by atoms with van der Waals surface area (Å²) < 4.78 is 5.91. The highest BCUT2D eigenvalue weighted by Gasteiger charge is 2.18. The van der Waals surface area contributed by atoms with Crippen molar-refractivity contribution in [2.75, 3.05) is 0 Å². The molecule has 0 saturated carbocycles. The lowest BCUT2D eigenvalue weighted by Crippen LogP contribution is -2.13. The third-order valence-electron chi connectivity index (χ3n) is 2.88. The van der Waals surface area contributed by atoms with Gasteiger partial charge in [-0.3, -0.25) is 0 Å². The van der Waals surface area contributed by atoms with Gasteiger partial charge in [-0.15, -0.1) is 0 Å². The Bertz CT molecular complexity index is 543. The molecule has 0 spiro atoms. The Kier molecular flexibility index (Phi) is 4.11. The van der Waals surface area contributed by atoms with E-state index in [4.69, 9.17) is 16.3 Å². The highest BCUT2D eigenvalue weighted by Crippen LogP contribution is 2.31. The number of ether oxygens (including phenoxy) is 1. The van der Waals surface area contributed by atoms with Gasteiger partial charge < -0.3 is 4.74 Å². The number of hydrogen-bond acceptors (Lipinski definition) is 2. The fourth-order valence-corrected chi connectivity index (χ4v) is 1.98. The van der Waals surface area contributed by atoms with Crippen molar-refractivity contribution in [3.05, 3.63) is 58.9 Å². The molecule has 1 aromatic carbocycles. The van der Waals surface area contributed by atoms with Crippen LogP contribution in [0.1, 0.15) is 31.9 Å². The number of rotatable bonds is 3. The third-order valence-corrected chi connectivity index (χ3v) is 3.10. The van der Waals surface area contributed by atoms with Gasteiger partial charge in [0.25, 0.3) is 0 Å². The lowest BCUT2D eigenvalue weighted by molar-refractivity contribution is 0.297. The van der Waals surface area contributed by atoms with Crippen molar-refractivity contribution >= 4 is 11.6 Å². The van der Waals surface area contributed by atoms with Crippen LogP contribution in [0.3, 0.4) is 0 Å². The molecule has 0 fully saturated rings. The van der Waals surface area contributed by atoms with Gasteiger partial charge in [0.2, 0.25) is 0 Å². The number of pyridine rings is 1. The minimum atomic E-state index is 0.0643. The van der Waals surface area contributed by atoms with E-state index in [0.29, 0.717) is 11.8 Å². The minimum absolute atomic E-state index is 0.0643. The normalized spacial score (nSPS) is 11.4. The molecule has 0 unspecified atom stereocenters. The van der Waals surface area contributed by atoms with Gasteiger partial charge in [-0.1, -0.05) is 56.6 Å². The number of benzene rings is 1. The summed E-state index contributed by atoms with van der Waals surface area (Å²) in [6.45, 7) is 7.04. The van der Waals surface area contributed by atoms with Crippen LogP contribution >= 0.6 is 11.6 Å². The topological polar surface area (TPSA) is 22.1 Å². The van der Waals surface area contributed by atoms with E-state index in [2.05, 4.69) is 31.8 Å². The molecule has 0 radical (unpaired) electrons. The van der Waals surface area contributed by atoms with Gasteiger partial charge in [0.05, 0.1) is 0 Å². The first-order valence-electron chi connectivity index (χ1n) is 6.29. The lowest BCUT2D eigenvalue weighted by Gasteiger charge is -2.22. The van der Waals surface area contributed by atoms with Gasteiger partial charge in [-0.2, -0.15) is 0 Å². The molecule has 1 heterocycles. The van der Waals surface area contributed by atoms with Crippen molar-refractivity contribution < 1.29 is 4.74 Å². The summed E-state index contributed by atoms with van der Waals surface area (Å²) in [5, 5.41) is 0.499. The van der Waals surface area contributed by atoms with E-state index in [1.165, 1.54) is 5.56 Å². The van der Waals surface area contributed by atoms with E-state index < -0.39 is 0 Å². The Morgan fingerprint density at radius 2 is 1.84 bits per heavy atom. The van der Waals surface area contributed by atoms with E-state index in [1.807, 2.05) is 24.3 Å². The molecule has 100 valence electrons. The highest BCUT2D eigenvalue weighted by molar-refractivity contribution is 6.29. The largest absolute Gasteiger partial charge is 0.489 e. The van der Waals surface area contributed by atoms with Gasteiger partial charge in [-0.05, 0) is 23.1 Å². The monoisotopic (exact) mass is 275 g/mol. The first-order valence-corrected chi connectivity index (χ1v) is 6.67. The van der Waals surface area contributed by atoms with E-state index in [9.17, 15) is 0 Å². The number of aromatic nitrogens is 1. The van der Waals surface area contributed by atoms with Gasteiger partial charge in [-0.25, -0.2) is 4.98 Å². The zero-order valence-electron chi connectivity index (χ0n) is 11.5. The van der Waals surface area contributed by atoms with Crippen molar-refractivity contribution in [2.24, 2.45) is 0 Å². The summed E-state index contributed by atoms with van der Waals surface area (Å²) in [7, 11) is 0. The van der Waals surface area contributed by atoms with E-state index >= 15 is 0 Å². The van der Waals surface area contributed by atoms with Crippen molar-refractivity contribution in [1.29, 1.82) is 0 Å². The zero-order valence-corrected chi connectivity index (χ0v) is 12.2. The predicted molar refractivity (Wildman–Crippen MR) is 78.7 cm³/mol. The number of hydrogen-bond donors (Lipinski definition) is 0. The van der Waals surface area contributed by atoms with E-state index in [-0.39, 0.29) is 5.41 Å². The summed E-state index contributed by atoms with van der Waals surface area (Å²) in [5.74, 6) is 0.921. The second-order valence-corrected chi connectivity index (χ2v) is 5.91. The fourth-order valence-electron chi connectivity index (χ4n) is 1.87. The van der Waals surface area contributed by atoms with E-state index in [1.54, 1.807) is 12.3 Å². The molecule has 2 rings (SSSR count). The summed E-state index contributed by atoms with van der Waals surface area (Å²) in [4.78, 5) is 4.05. The van der Waals surface area contributed by atoms with Crippen molar-refractivity contribution in [3.8, 4) is 5.75 Å². The van der Waals surface area contributed by atoms with E-state index in [0.717, 1.165) is 11.3 Å². The summed E-state index contributed by atoms with van der Waals surface area (Å²) in [5.41, 5.74) is 2.28. The maximum atomic E-state index is 5.91. The molecule has 0 amide bonds. The molecule has 2 aromatic rings. The Morgan fingerprint density at radius 3 is 2.47 bits per heavy atom.